The molecule has 0 radical (unpaired) electrons. The van der Waals surface area contributed by atoms with Crippen LogP contribution in [0.2, 0.25) is 0 Å². The lowest BCUT2D eigenvalue weighted by Gasteiger charge is -2.10. The molecule has 0 N–H and O–H groups in total. The highest BCUT2D eigenvalue weighted by Gasteiger charge is 2.16. The maximum atomic E-state index is 5.58. The summed E-state index contributed by atoms with van der Waals surface area (Å²) in [5.41, 5.74) is 2.22. The second kappa shape index (κ2) is 9.58. The highest BCUT2D eigenvalue weighted by molar-refractivity contribution is 7.99. The summed E-state index contributed by atoms with van der Waals surface area (Å²) < 4.78 is 7.69. The van der Waals surface area contributed by atoms with Gasteiger partial charge in [0.25, 0.3) is 0 Å². The summed E-state index contributed by atoms with van der Waals surface area (Å²) in [5.74, 6) is 2.54. The lowest BCUT2D eigenvalue weighted by Crippen LogP contribution is -1.99. The molecular weight excluding hydrogens is 398 g/mol. The molecule has 0 unspecified atom stereocenters. The van der Waals surface area contributed by atoms with Crippen molar-refractivity contribution in [2.45, 2.75) is 12.1 Å². The number of aromatic nitrogens is 3. The highest BCUT2D eigenvalue weighted by Crippen LogP contribution is 2.31. The Morgan fingerprint density at radius 2 is 1.83 bits per heavy atom. The second-order valence-corrected chi connectivity index (χ2v) is 8.10. The van der Waals surface area contributed by atoms with E-state index in [1.165, 1.54) is 5.56 Å². The van der Waals surface area contributed by atoms with Crippen LogP contribution < -0.4 is 4.74 Å². The standard InChI is InChI=1S/C23H21N3OS2/c1-2-27-20-14-12-19(13-15-20)26-22(21-11-7-16-28-21)24-25-23(26)29-17-6-10-18-8-4-3-5-9-18/h3-16H,2,17H2,1H3. The van der Waals surface area contributed by atoms with Crippen LogP contribution in [0, 0.1) is 0 Å². The van der Waals surface area contributed by atoms with Crippen molar-refractivity contribution in [1.82, 2.24) is 14.8 Å². The van der Waals surface area contributed by atoms with E-state index in [4.69, 9.17) is 4.74 Å². The summed E-state index contributed by atoms with van der Waals surface area (Å²) in [7, 11) is 0. The minimum Gasteiger partial charge on any atom is -0.494 e. The van der Waals surface area contributed by atoms with Gasteiger partial charge in [-0.25, -0.2) is 0 Å². The van der Waals surface area contributed by atoms with Crippen LogP contribution in [0.25, 0.3) is 22.5 Å². The van der Waals surface area contributed by atoms with Gasteiger partial charge in [0, 0.05) is 5.75 Å². The third kappa shape index (κ3) is 4.78. The Balaban J connectivity index is 1.59. The number of hydrogen-bond donors (Lipinski definition) is 0. The number of benzene rings is 2. The molecule has 4 aromatic rings. The minimum atomic E-state index is 0.654. The van der Waals surface area contributed by atoms with E-state index in [1.807, 2.05) is 43.3 Å². The molecule has 0 spiro atoms. The lowest BCUT2D eigenvalue weighted by atomic mass is 10.2. The zero-order valence-electron chi connectivity index (χ0n) is 16.1. The molecular formula is C23H21N3OS2. The van der Waals surface area contributed by atoms with Gasteiger partial charge in [0.15, 0.2) is 11.0 Å². The van der Waals surface area contributed by atoms with E-state index in [2.05, 4.69) is 62.6 Å². The third-order valence-electron chi connectivity index (χ3n) is 4.20. The molecule has 6 heteroatoms. The molecule has 2 aromatic heterocycles. The fourth-order valence-electron chi connectivity index (χ4n) is 2.89. The van der Waals surface area contributed by atoms with Gasteiger partial charge >= 0.3 is 0 Å². The predicted molar refractivity (Wildman–Crippen MR) is 122 cm³/mol. The molecule has 0 saturated heterocycles. The number of nitrogens with zero attached hydrogens (tertiary/aromatic N) is 3. The van der Waals surface area contributed by atoms with Crippen molar-refractivity contribution in [2.75, 3.05) is 12.4 Å². The van der Waals surface area contributed by atoms with Gasteiger partial charge in [-0.05, 0) is 48.2 Å². The highest BCUT2D eigenvalue weighted by atomic mass is 32.2. The summed E-state index contributed by atoms with van der Waals surface area (Å²) in [6, 6.07) is 22.5. The SMILES string of the molecule is CCOc1ccc(-n2c(SCC=Cc3ccccc3)nnc2-c2cccs2)cc1. The van der Waals surface area contributed by atoms with E-state index in [0.717, 1.165) is 33.0 Å². The summed E-state index contributed by atoms with van der Waals surface area (Å²) in [6.07, 6.45) is 4.28. The Morgan fingerprint density at radius 1 is 1.00 bits per heavy atom. The van der Waals surface area contributed by atoms with Crippen LogP contribution in [-0.2, 0) is 0 Å². The molecule has 0 aliphatic heterocycles. The van der Waals surface area contributed by atoms with Gasteiger partial charge in [-0.15, -0.1) is 21.5 Å². The van der Waals surface area contributed by atoms with Crippen LogP contribution in [-0.4, -0.2) is 27.1 Å². The lowest BCUT2D eigenvalue weighted by molar-refractivity contribution is 0.340. The second-order valence-electron chi connectivity index (χ2n) is 6.17. The number of thiophene rings is 1. The average molecular weight is 420 g/mol. The monoisotopic (exact) mass is 419 g/mol. The Labute approximate surface area is 178 Å². The fourth-order valence-corrected chi connectivity index (χ4v) is 4.35. The van der Waals surface area contributed by atoms with Gasteiger partial charge in [-0.3, -0.25) is 4.57 Å². The zero-order valence-corrected chi connectivity index (χ0v) is 17.7. The average Bonchev–Trinajstić information content (AvgIpc) is 3.43. The first-order valence-corrected chi connectivity index (χ1v) is 11.3. The molecule has 0 amide bonds. The fraction of sp³-hybridized carbons (Fsp3) is 0.130. The van der Waals surface area contributed by atoms with Gasteiger partial charge in [0.1, 0.15) is 5.75 Å². The Kier molecular flexibility index (Phi) is 6.44. The van der Waals surface area contributed by atoms with E-state index >= 15 is 0 Å². The van der Waals surface area contributed by atoms with E-state index in [9.17, 15) is 0 Å². The van der Waals surface area contributed by atoms with Gasteiger partial charge < -0.3 is 4.74 Å². The van der Waals surface area contributed by atoms with E-state index in [1.54, 1.807) is 23.1 Å². The van der Waals surface area contributed by atoms with E-state index in [-0.39, 0.29) is 0 Å². The number of rotatable bonds is 8. The van der Waals surface area contributed by atoms with E-state index < -0.39 is 0 Å². The molecule has 0 atom stereocenters. The van der Waals surface area contributed by atoms with Crippen molar-refractivity contribution >= 4 is 29.2 Å². The Hall–Kier alpha value is -2.83. The first-order valence-electron chi connectivity index (χ1n) is 9.42. The molecule has 0 fully saturated rings. The van der Waals surface area contributed by atoms with Crippen molar-refractivity contribution < 1.29 is 4.74 Å². The molecule has 2 heterocycles. The largest absolute Gasteiger partial charge is 0.494 e. The van der Waals surface area contributed by atoms with Gasteiger partial charge in [-0.2, -0.15) is 0 Å². The Bertz CT molecular complexity index is 1060. The topological polar surface area (TPSA) is 39.9 Å². The summed E-state index contributed by atoms with van der Waals surface area (Å²) in [4.78, 5) is 1.10. The summed E-state index contributed by atoms with van der Waals surface area (Å²) in [6.45, 7) is 2.64. The normalized spacial score (nSPS) is 11.2. The number of thioether (sulfide) groups is 1. The molecule has 0 bridgehead atoms. The Morgan fingerprint density at radius 3 is 2.55 bits per heavy atom. The summed E-state index contributed by atoms with van der Waals surface area (Å²) >= 11 is 3.33. The first-order chi connectivity index (χ1) is 14.3. The first kappa shape index (κ1) is 19.5. The molecule has 0 aliphatic carbocycles. The van der Waals surface area contributed by atoms with Crippen LogP contribution in [0.5, 0.6) is 5.75 Å². The van der Waals surface area contributed by atoms with Crippen LogP contribution in [0.15, 0.2) is 83.3 Å². The summed E-state index contributed by atoms with van der Waals surface area (Å²) in [5, 5.41) is 11.9. The minimum absolute atomic E-state index is 0.654. The molecule has 0 saturated carbocycles. The van der Waals surface area contributed by atoms with Crippen molar-refractivity contribution in [2.24, 2.45) is 0 Å². The molecule has 4 nitrogen and oxygen atoms in total. The quantitative estimate of drug-likeness (QED) is 0.319. The predicted octanol–water partition coefficient (Wildman–Crippen LogP) is 6.20. The third-order valence-corrected chi connectivity index (χ3v) is 5.95. The van der Waals surface area contributed by atoms with Gasteiger partial charge in [0.2, 0.25) is 0 Å². The van der Waals surface area contributed by atoms with Crippen molar-refractivity contribution in [3.63, 3.8) is 0 Å². The maximum Gasteiger partial charge on any atom is 0.196 e. The smallest absolute Gasteiger partial charge is 0.196 e. The van der Waals surface area contributed by atoms with Crippen LogP contribution >= 0.6 is 23.1 Å². The molecule has 4 rings (SSSR count). The molecule has 29 heavy (non-hydrogen) atoms. The van der Waals surface area contributed by atoms with Crippen LogP contribution in [0.3, 0.4) is 0 Å². The zero-order chi connectivity index (χ0) is 19.9. The molecule has 146 valence electrons. The maximum absolute atomic E-state index is 5.58. The van der Waals surface area contributed by atoms with Gasteiger partial charge in [-0.1, -0.05) is 60.3 Å². The van der Waals surface area contributed by atoms with E-state index in [0.29, 0.717) is 6.61 Å². The van der Waals surface area contributed by atoms with Crippen LogP contribution in [0.4, 0.5) is 0 Å². The van der Waals surface area contributed by atoms with Crippen LogP contribution in [0.1, 0.15) is 12.5 Å². The molecule has 0 aliphatic rings. The van der Waals surface area contributed by atoms with Crippen molar-refractivity contribution in [3.8, 4) is 22.1 Å². The number of ether oxygens (including phenoxy) is 1. The molecule has 2 aromatic carbocycles. The van der Waals surface area contributed by atoms with Crippen molar-refractivity contribution in [3.05, 3.63) is 83.7 Å². The number of hydrogen-bond acceptors (Lipinski definition) is 5. The van der Waals surface area contributed by atoms with Gasteiger partial charge in [0.05, 0.1) is 17.2 Å². The van der Waals surface area contributed by atoms with Crippen molar-refractivity contribution in [1.29, 1.82) is 0 Å².